The van der Waals surface area contributed by atoms with E-state index in [1.54, 1.807) is 6.92 Å². The highest BCUT2D eigenvalue weighted by Gasteiger charge is 2.45. The summed E-state index contributed by atoms with van der Waals surface area (Å²) in [4.78, 5) is 27.5. The van der Waals surface area contributed by atoms with Gasteiger partial charge in [0, 0.05) is 32.5 Å². The highest BCUT2D eigenvalue weighted by atomic mass is 16.2. The number of hydrogen-bond donors (Lipinski definition) is 0. The largest absolute Gasteiger partial charge is 0.341 e. The van der Waals surface area contributed by atoms with Crippen molar-refractivity contribution in [2.24, 2.45) is 5.92 Å². The van der Waals surface area contributed by atoms with E-state index in [1.807, 2.05) is 4.90 Å². The van der Waals surface area contributed by atoms with E-state index in [2.05, 4.69) is 4.90 Å². The SMILES string of the molecule is CC(=O)N1CCC2CCC(=O)N(C3CC3)C2C1. The van der Waals surface area contributed by atoms with E-state index >= 15 is 0 Å². The van der Waals surface area contributed by atoms with Crippen LogP contribution in [-0.2, 0) is 9.59 Å². The molecule has 3 fully saturated rings. The average molecular weight is 236 g/mol. The summed E-state index contributed by atoms with van der Waals surface area (Å²) in [6.07, 6.45) is 5.14. The zero-order valence-corrected chi connectivity index (χ0v) is 10.4. The van der Waals surface area contributed by atoms with Crippen molar-refractivity contribution in [2.75, 3.05) is 13.1 Å². The Labute approximate surface area is 102 Å². The molecule has 4 nitrogen and oxygen atoms in total. The van der Waals surface area contributed by atoms with Gasteiger partial charge in [-0.05, 0) is 31.6 Å². The maximum Gasteiger partial charge on any atom is 0.223 e. The second kappa shape index (κ2) is 4.00. The lowest BCUT2D eigenvalue weighted by molar-refractivity contribution is -0.146. The average Bonchev–Trinajstić information content (AvgIpc) is 3.12. The van der Waals surface area contributed by atoms with Crippen molar-refractivity contribution in [3.05, 3.63) is 0 Å². The molecule has 0 spiro atoms. The standard InChI is InChI=1S/C13H20N2O2/c1-9(16)14-7-6-10-2-5-13(17)15(11-3-4-11)12(10)8-14/h10-12H,2-8H2,1H3. The van der Waals surface area contributed by atoms with Gasteiger partial charge in [0.05, 0.1) is 6.04 Å². The quantitative estimate of drug-likeness (QED) is 0.681. The summed E-state index contributed by atoms with van der Waals surface area (Å²) in [5.74, 6) is 1.10. The first-order valence-electron chi connectivity index (χ1n) is 6.73. The topological polar surface area (TPSA) is 40.6 Å². The first-order valence-corrected chi connectivity index (χ1v) is 6.73. The van der Waals surface area contributed by atoms with Crippen molar-refractivity contribution in [2.45, 2.75) is 51.1 Å². The van der Waals surface area contributed by atoms with E-state index in [9.17, 15) is 9.59 Å². The Hall–Kier alpha value is -1.06. The highest BCUT2D eigenvalue weighted by Crippen LogP contribution is 2.38. The van der Waals surface area contributed by atoms with Crippen LogP contribution < -0.4 is 0 Å². The predicted molar refractivity (Wildman–Crippen MR) is 63.3 cm³/mol. The van der Waals surface area contributed by atoms with Gasteiger partial charge in [-0.3, -0.25) is 9.59 Å². The van der Waals surface area contributed by atoms with Gasteiger partial charge in [0.25, 0.3) is 0 Å². The zero-order valence-electron chi connectivity index (χ0n) is 10.4. The molecule has 2 saturated heterocycles. The van der Waals surface area contributed by atoms with Crippen molar-refractivity contribution in [1.82, 2.24) is 9.80 Å². The summed E-state index contributed by atoms with van der Waals surface area (Å²) in [7, 11) is 0. The molecule has 4 heteroatoms. The highest BCUT2D eigenvalue weighted by molar-refractivity contribution is 5.79. The summed E-state index contributed by atoms with van der Waals surface area (Å²) in [6, 6.07) is 0.795. The molecule has 3 rings (SSSR count). The first kappa shape index (κ1) is 11.1. The molecule has 17 heavy (non-hydrogen) atoms. The second-order valence-corrected chi connectivity index (χ2v) is 5.65. The normalized spacial score (nSPS) is 33.6. The van der Waals surface area contributed by atoms with E-state index in [1.165, 1.54) is 0 Å². The molecule has 0 radical (unpaired) electrons. The van der Waals surface area contributed by atoms with Crippen LogP contribution >= 0.6 is 0 Å². The van der Waals surface area contributed by atoms with Crippen LogP contribution in [0.25, 0.3) is 0 Å². The van der Waals surface area contributed by atoms with Gasteiger partial charge in [-0.1, -0.05) is 0 Å². The number of nitrogens with zero attached hydrogens (tertiary/aromatic N) is 2. The van der Waals surface area contributed by atoms with Crippen LogP contribution in [0.5, 0.6) is 0 Å². The van der Waals surface area contributed by atoms with E-state index in [4.69, 9.17) is 0 Å². The first-order chi connectivity index (χ1) is 8.16. The molecule has 1 saturated carbocycles. The molecule has 1 aliphatic carbocycles. The number of rotatable bonds is 1. The van der Waals surface area contributed by atoms with E-state index in [0.717, 1.165) is 45.2 Å². The number of piperidine rings is 2. The number of hydrogen-bond acceptors (Lipinski definition) is 2. The predicted octanol–water partition coefficient (Wildman–Crippen LogP) is 1.01. The molecule has 0 bridgehead atoms. The monoisotopic (exact) mass is 236 g/mol. The van der Waals surface area contributed by atoms with E-state index in [0.29, 0.717) is 23.9 Å². The lowest BCUT2D eigenvalue weighted by atomic mass is 9.83. The van der Waals surface area contributed by atoms with Crippen molar-refractivity contribution in [3.8, 4) is 0 Å². The molecule has 0 N–H and O–H groups in total. The molecule has 94 valence electrons. The van der Waals surface area contributed by atoms with Crippen molar-refractivity contribution >= 4 is 11.8 Å². The lowest BCUT2D eigenvalue weighted by Gasteiger charge is -2.47. The van der Waals surface area contributed by atoms with Crippen molar-refractivity contribution in [1.29, 1.82) is 0 Å². The second-order valence-electron chi connectivity index (χ2n) is 5.65. The Morgan fingerprint density at radius 2 is 2.00 bits per heavy atom. The Bertz CT molecular complexity index is 351. The Morgan fingerprint density at radius 1 is 1.24 bits per heavy atom. The molecule has 0 aromatic heterocycles. The third-order valence-corrected chi connectivity index (χ3v) is 4.48. The summed E-state index contributed by atoms with van der Waals surface area (Å²) >= 11 is 0. The van der Waals surface area contributed by atoms with Crippen molar-refractivity contribution < 1.29 is 9.59 Å². The number of likely N-dealkylation sites (tertiary alicyclic amines) is 2. The minimum absolute atomic E-state index is 0.150. The molecule has 2 aliphatic heterocycles. The zero-order chi connectivity index (χ0) is 12.0. The maximum absolute atomic E-state index is 12.0. The fraction of sp³-hybridized carbons (Fsp3) is 0.846. The minimum Gasteiger partial charge on any atom is -0.341 e. The molecule has 0 aromatic carbocycles. The summed E-state index contributed by atoms with van der Waals surface area (Å²) in [5, 5.41) is 0. The number of amides is 2. The molecule has 3 aliphatic rings. The Kier molecular flexibility index (Phi) is 2.60. The van der Waals surface area contributed by atoms with Crippen LogP contribution in [-0.4, -0.2) is 46.8 Å². The third kappa shape index (κ3) is 1.94. The van der Waals surface area contributed by atoms with Crippen LogP contribution in [0.1, 0.15) is 39.0 Å². The molecule has 2 atom stereocenters. The molecule has 2 heterocycles. The lowest BCUT2D eigenvalue weighted by Crippen LogP contribution is -2.58. The summed E-state index contributed by atoms with van der Waals surface area (Å²) in [6.45, 7) is 3.28. The van der Waals surface area contributed by atoms with Crippen LogP contribution in [0.3, 0.4) is 0 Å². The maximum atomic E-state index is 12.0. The third-order valence-electron chi connectivity index (χ3n) is 4.48. The van der Waals surface area contributed by atoms with Crippen LogP contribution in [0.2, 0.25) is 0 Å². The van der Waals surface area contributed by atoms with Crippen LogP contribution in [0.15, 0.2) is 0 Å². The minimum atomic E-state index is 0.150. The van der Waals surface area contributed by atoms with Crippen LogP contribution in [0.4, 0.5) is 0 Å². The number of carbonyl (C=O) groups excluding carboxylic acids is 2. The molecular weight excluding hydrogens is 216 g/mol. The van der Waals surface area contributed by atoms with Gasteiger partial charge in [-0.2, -0.15) is 0 Å². The van der Waals surface area contributed by atoms with Gasteiger partial charge in [0.1, 0.15) is 0 Å². The van der Waals surface area contributed by atoms with Gasteiger partial charge in [0.15, 0.2) is 0 Å². The summed E-state index contributed by atoms with van der Waals surface area (Å²) in [5.41, 5.74) is 0. The Morgan fingerprint density at radius 3 is 2.65 bits per heavy atom. The fourth-order valence-electron chi connectivity index (χ4n) is 3.37. The molecule has 2 amide bonds. The molecular formula is C13H20N2O2. The van der Waals surface area contributed by atoms with Gasteiger partial charge >= 0.3 is 0 Å². The van der Waals surface area contributed by atoms with Gasteiger partial charge in [0.2, 0.25) is 11.8 Å². The van der Waals surface area contributed by atoms with E-state index < -0.39 is 0 Å². The smallest absolute Gasteiger partial charge is 0.223 e. The molecule has 0 aromatic rings. The molecule has 2 unspecified atom stereocenters. The number of carbonyl (C=O) groups is 2. The van der Waals surface area contributed by atoms with Gasteiger partial charge < -0.3 is 9.80 Å². The fourth-order valence-corrected chi connectivity index (χ4v) is 3.37. The van der Waals surface area contributed by atoms with Crippen molar-refractivity contribution in [3.63, 3.8) is 0 Å². The van der Waals surface area contributed by atoms with Crippen LogP contribution in [0, 0.1) is 5.92 Å². The number of fused-ring (bicyclic) bond motifs is 1. The van der Waals surface area contributed by atoms with Gasteiger partial charge in [-0.15, -0.1) is 0 Å². The summed E-state index contributed by atoms with van der Waals surface area (Å²) < 4.78 is 0. The Balaban J connectivity index is 1.78. The van der Waals surface area contributed by atoms with Gasteiger partial charge in [-0.25, -0.2) is 0 Å². The van der Waals surface area contributed by atoms with E-state index in [-0.39, 0.29) is 5.91 Å².